The first-order valence-electron chi connectivity index (χ1n) is 9.60. The van der Waals surface area contributed by atoms with Crippen LogP contribution in [-0.2, 0) is 28.6 Å². The molecule has 1 aliphatic rings. The van der Waals surface area contributed by atoms with E-state index in [1.54, 1.807) is 30.6 Å². The molecule has 0 radical (unpaired) electrons. The van der Waals surface area contributed by atoms with Crippen LogP contribution in [0.4, 0.5) is 0 Å². The minimum Gasteiger partial charge on any atom is -0.474 e. The predicted octanol–water partition coefficient (Wildman–Crippen LogP) is 3.04. The van der Waals surface area contributed by atoms with Gasteiger partial charge < -0.3 is 18.9 Å². The van der Waals surface area contributed by atoms with E-state index in [1.807, 2.05) is 0 Å². The number of carbonyl (C=O) groups excluding carboxylic acids is 3. The fourth-order valence-corrected chi connectivity index (χ4v) is 4.62. The first-order valence-corrected chi connectivity index (χ1v) is 11.0. The van der Waals surface area contributed by atoms with Gasteiger partial charge in [0.1, 0.15) is 10.9 Å². The van der Waals surface area contributed by atoms with Crippen molar-refractivity contribution in [3.8, 4) is 16.9 Å². The van der Waals surface area contributed by atoms with E-state index in [4.69, 9.17) is 30.5 Å². The number of pyridine rings is 2. The van der Waals surface area contributed by atoms with Crippen LogP contribution in [0.1, 0.15) is 20.8 Å². The number of esters is 3. The molecule has 0 amide bonds. The van der Waals surface area contributed by atoms with E-state index in [2.05, 4.69) is 9.97 Å². The Morgan fingerprint density at radius 3 is 2.38 bits per heavy atom. The van der Waals surface area contributed by atoms with Crippen LogP contribution in [0.15, 0.2) is 36.8 Å². The summed E-state index contributed by atoms with van der Waals surface area (Å²) in [6.07, 6.45) is 1.84. The lowest BCUT2D eigenvalue weighted by Gasteiger charge is -2.39. The lowest BCUT2D eigenvalue weighted by molar-refractivity contribution is -0.186. The van der Waals surface area contributed by atoms with Gasteiger partial charge in [0.15, 0.2) is 23.7 Å². The second-order valence-corrected chi connectivity index (χ2v) is 8.36. The summed E-state index contributed by atoms with van der Waals surface area (Å²) >= 11 is 7.44. The minimum absolute atomic E-state index is 0.265. The Labute approximate surface area is 193 Å². The Bertz CT molecular complexity index is 1010. The van der Waals surface area contributed by atoms with Gasteiger partial charge in [-0.05, 0) is 18.2 Å². The zero-order valence-electron chi connectivity index (χ0n) is 17.5. The third-order valence-electron chi connectivity index (χ3n) is 4.34. The van der Waals surface area contributed by atoms with Crippen LogP contribution >= 0.6 is 23.4 Å². The molecule has 1 saturated heterocycles. The van der Waals surface area contributed by atoms with Gasteiger partial charge in [-0.25, -0.2) is 4.98 Å². The fourth-order valence-electron chi connectivity index (χ4n) is 3.18. The van der Waals surface area contributed by atoms with Crippen LogP contribution in [0.3, 0.4) is 0 Å². The smallest absolute Gasteiger partial charge is 0.303 e. The van der Waals surface area contributed by atoms with Crippen molar-refractivity contribution in [3.05, 3.63) is 41.9 Å². The summed E-state index contributed by atoms with van der Waals surface area (Å²) in [4.78, 5) is 43.2. The van der Waals surface area contributed by atoms with E-state index < -0.39 is 41.7 Å². The first kappa shape index (κ1) is 23.8. The van der Waals surface area contributed by atoms with Crippen molar-refractivity contribution in [3.63, 3.8) is 0 Å². The number of carbonyl (C=O) groups is 3. The Morgan fingerprint density at radius 1 is 1.03 bits per heavy atom. The van der Waals surface area contributed by atoms with Crippen molar-refractivity contribution in [1.29, 1.82) is 0 Å². The molecule has 0 unspecified atom stereocenters. The zero-order chi connectivity index (χ0) is 23.3. The number of hydrogen-bond acceptors (Lipinski definition) is 10. The number of halogens is 1. The summed E-state index contributed by atoms with van der Waals surface area (Å²) in [5, 5.41) is 0.315. The molecule has 9 nitrogen and oxygen atoms in total. The Morgan fingerprint density at radius 2 is 1.72 bits per heavy atom. The van der Waals surface area contributed by atoms with Crippen LogP contribution in [0.2, 0.25) is 5.15 Å². The van der Waals surface area contributed by atoms with Crippen molar-refractivity contribution >= 4 is 41.3 Å². The number of nitrogens with zero attached hydrogens (tertiary/aromatic N) is 2. The van der Waals surface area contributed by atoms with Crippen molar-refractivity contribution in [1.82, 2.24) is 9.97 Å². The van der Waals surface area contributed by atoms with Crippen molar-refractivity contribution in [2.24, 2.45) is 0 Å². The molecule has 0 spiro atoms. The lowest BCUT2D eigenvalue weighted by Crippen LogP contribution is -2.55. The van der Waals surface area contributed by atoms with E-state index in [9.17, 15) is 14.4 Å². The molecule has 170 valence electrons. The van der Waals surface area contributed by atoms with Crippen molar-refractivity contribution in [2.45, 2.75) is 44.5 Å². The molecule has 0 saturated carbocycles. The minimum atomic E-state index is -1.03. The Hall–Kier alpha value is -2.85. The van der Waals surface area contributed by atoms with Crippen LogP contribution in [-0.4, -0.2) is 57.4 Å². The highest BCUT2D eigenvalue weighted by atomic mass is 35.5. The Kier molecular flexibility index (Phi) is 7.92. The average Bonchev–Trinajstić information content (AvgIpc) is 2.72. The summed E-state index contributed by atoms with van der Waals surface area (Å²) in [5.74, 6) is -1.10. The molecule has 32 heavy (non-hydrogen) atoms. The number of aromatic nitrogens is 2. The topological polar surface area (TPSA) is 114 Å². The van der Waals surface area contributed by atoms with E-state index in [-0.39, 0.29) is 5.75 Å². The maximum Gasteiger partial charge on any atom is 0.303 e. The molecule has 11 heteroatoms. The first-order chi connectivity index (χ1) is 15.2. The molecule has 0 bridgehead atoms. The normalized spacial score (nSPS) is 22.5. The molecule has 3 heterocycles. The molecule has 2 aromatic heterocycles. The summed E-state index contributed by atoms with van der Waals surface area (Å²) in [6, 6.07) is 5.27. The largest absolute Gasteiger partial charge is 0.474 e. The third kappa shape index (κ3) is 6.10. The van der Waals surface area contributed by atoms with Crippen molar-refractivity contribution < 1.29 is 33.3 Å². The second kappa shape index (κ2) is 10.6. The number of thioether (sulfide) groups is 1. The number of hydrogen-bond donors (Lipinski definition) is 0. The standard InChI is InChI=1S/C21H21ClN2O7S/c1-11(25)28-17-10-32-21(19(30-13(3)27)18(17)29-12(2)26)31-15-7-14(8-23-9-15)16-5-4-6-24-20(16)22/h4-9,17-19,21H,10H2,1-3H3/t17-,18+,19-,21+/m1/s1. The summed E-state index contributed by atoms with van der Waals surface area (Å²) in [7, 11) is 0. The van der Waals surface area contributed by atoms with E-state index in [0.717, 1.165) is 0 Å². The predicted molar refractivity (Wildman–Crippen MR) is 116 cm³/mol. The highest BCUT2D eigenvalue weighted by Gasteiger charge is 2.47. The molecular weight excluding hydrogens is 460 g/mol. The molecule has 2 aromatic rings. The molecule has 0 aliphatic carbocycles. The van der Waals surface area contributed by atoms with E-state index in [0.29, 0.717) is 22.0 Å². The van der Waals surface area contributed by atoms with Gasteiger partial charge in [0.25, 0.3) is 0 Å². The molecule has 1 aliphatic heterocycles. The van der Waals surface area contributed by atoms with Crippen LogP contribution in [0.5, 0.6) is 5.75 Å². The van der Waals surface area contributed by atoms with Gasteiger partial charge >= 0.3 is 17.9 Å². The van der Waals surface area contributed by atoms with Gasteiger partial charge in [0.2, 0.25) is 0 Å². The maximum absolute atomic E-state index is 11.8. The quantitative estimate of drug-likeness (QED) is 0.347. The van der Waals surface area contributed by atoms with Gasteiger partial charge in [0, 0.05) is 50.0 Å². The average molecular weight is 481 g/mol. The molecule has 0 N–H and O–H groups in total. The van der Waals surface area contributed by atoms with Gasteiger partial charge in [-0.3, -0.25) is 19.4 Å². The zero-order valence-corrected chi connectivity index (χ0v) is 19.1. The molecule has 3 rings (SSSR count). The molecule has 1 fully saturated rings. The SMILES string of the molecule is CC(=O)O[C@@H]1[C@@H](OC(C)=O)[C@@H](Oc2cncc(-c3cccnc3Cl)c2)SC[C@H]1OC(C)=O. The van der Waals surface area contributed by atoms with E-state index in [1.165, 1.54) is 38.7 Å². The summed E-state index contributed by atoms with van der Waals surface area (Å²) in [5.41, 5.74) is 0.601. The number of rotatable bonds is 6. The molecular formula is C21H21ClN2O7S. The van der Waals surface area contributed by atoms with Gasteiger partial charge in [-0.1, -0.05) is 11.6 Å². The Balaban J connectivity index is 1.88. The molecule has 4 atom stereocenters. The van der Waals surface area contributed by atoms with Gasteiger partial charge in [0.05, 0.1) is 6.20 Å². The van der Waals surface area contributed by atoms with Crippen LogP contribution in [0, 0.1) is 0 Å². The van der Waals surface area contributed by atoms with E-state index >= 15 is 0 Å². The second-order valence-electron chi connectivity index (χ2n) is 6.87. The summed E-state index contributed by atoms with van der Waals surface area (Å²) in [6.45, 7) is 3.70. The highest BCUT2D eigenvalue weighted by Crippen LogP contribution is 2.35. The number of ether oxygens (including phenoxy) is 4. The van der Waals surface area contributed by atoms with Gasteiger partial charge in [-0.2, -0.15) is 0 Å². The maximum atomic E-state index is 11.8. The third-order valence-corrected chi connectivity index (χ3v) is 5.86. The lowest BCUT2D eigenvalue weighted by atomic mass is 10.1. The highest BCUT2D eigenvalue weighted by molar-refractivity contribution is 7.99. The fraction of sp³-hybridized carbons (Fsp3) is 0.381. The monoisotopic (exact) mass is 480 g/mol. The van der Waals surface area contributed by atoms with Gasteiger partial charge in [-0.15, -0.1) is 11.8 Å². The molecule has 0 aromatic carbocycles. The van der Waals surface area contributed by atoms with Crippen LogP contribution in [0.25, 0.3) is 11.1 Å². The summed E-state index contributed by atoms with van der Waals surface area (Å²) < 4.78 is 22.1. The van der Waals surface area contributed by atoms with Crippen molar-refractivity contribution in [2.75, 3.05) is 5.75 Å². The van der Waals surface area contributed by atoms with Crippen LogP contribution < -0.4 is 4.74 Å².